The summed E-state index contributed by atoms with van der Waals surface area (Å²) in [5, 5.41) is 0. The van der Waals surface area contributed by atoms with Gasteiger partial charge in [-0.05, 0) is 0 Å². The molecule has 0 fully saturated rings. The largest absolute Gasteiger partial charge is 0.384 e. The van der Waals surface area contributed by atoms with Crippen LogP contribution in [0.4, 0.5) is 0 Å². The fourth-order valence-corrected chi connectivity index (χ4v) is 0.806. The minimum Gasteiger partial charge on any atom is -0.384 e. The Kier molecular flexibility index (Phi) is 3.76. The summed E-state index contributed by atoms with van der Waals surface area (Å²) in [6.45, 7) is 0.177. The summed E-state index contributed by atoms with van der Waals surface area (Å²) < 4.78 is 29.6. The van der Waals surface area contributed by atoms with Crippen LogP contribution < -0.4 is 0 Å². The second-order valence-electron chi connectivity index (χ2n) is 1.42. The fraction of sp³-hybridized carbons (Fsp3) is 1.00. The van der Waals surface area contributed by atoms with Gasteiger partial charge in [-0.2, -0.15) is 8.42 Å². The van der Waals surface area contributed by atoms with Crippen molar-refractivity contribution in [1.29, 1.82) is 0 Å². The monoisotopic (exact) mass is 154 g/mol. The summed E-state index contributed by atoms with van der Waals surface area (Å²) >= 11 is 0. The molecule has 0 aromatic heterocycles. The van der Waals surface area contributed by atoms with Crippen molar-refractivity contribution in [3.8, 4) is 0 Å². The molecule has 0 radical (unpaired) electrons. The Morgan fingerprint density at radius 1 is 1.33 bits per heavy atom. The summed E-state index contributed by atoms with van der Waals surface area (Å²) in [6.07, 6.45) is 0. The number of rotatable bonds is 4. The molecule has 0 aliphatic heterocycles. The minimum absolute atomic E-state index is 0.0833. The summed E-state index contributed by atoms with van der Waals surface area (Å²) in [7, 11) is -0.741. The van der Waals surface area contributed by atoms with E-state index in [9.17, 15) is 8.42 Å². The van der Waals surface area contributed by atoms with Crippen molar-refractivity contribution in [2.75, 3.05) is 26.6 Å². The molecule has 0 aliphatic rings. The highest BCUT2D eigenvalue weighted by Gasteiger charge is 2.05. The molecule has 4 nitrogen and oxygen atoms in total. The van der Waals surface area contributed by atoms with Crippen LogP contribution >= 0.6 is 0 Å². The fourth-order valence-electron chi connectivity index (χ4n) is 0.269. The van der Waals surface area contributed by atoms with E-state index >= 15 is 0 Å². The van der Waals surface area contributed by atoms with Crippen molar-refractivity contribution in [2.45, 2.75) is 0 Å². The van der Waals surface area contributed by atoms with Crippen LogP contribution in [0.5, 0.6) is 0 Å². The molecule has 0 heterocycles. The average molecular weight is 154 g/mol. The van der Waals surface area contributed by atoms with Gasteiger partial charge in [0.05, 0.1) is 19.5 Å². The van der Waals surface area contributed by atoms with Gasteiger partial charge in [-0.3, -0.25) is 4.18 Å². The first kappa shape index (κ1) is 8.87. The molecule has 0 aromatic rings. The van der Waals surface area contributed by atoms with Crippen LogP contribution in [0, 0.1) is 0 Å². The molecule has 0 aliphatic carbocycles. The number of hydrogen-bond acceptors (Lipinski definition) is 4. The Bertz CT molecular complexity index is 148. The quantitative estimate of drug-likeness (QED) is 0.517. The van der Waals surface area contributed by atoms with E-state index in [2.05, 4.69) is 8.92 Å². The van der Waals surface area contributed by atoms with Crippen LogP contribution in [0.25, 0.3) is 0 Å². The second-order valence-corrected chi connectivity index (χ2v) is 3.28. The lowest BCUT2D eigenvalue weighted by atomic mass is 10.9. The third-order valence-corrected chi connectivity index (χ3v) is 1.97. The molecular weight excluding hydrogens is 144 g/mol. The zero-order valence-electron chi connectivity index (χ0n) is 5.46. The van der Waals surface area contributed by atoms with E-state index in [0.29, 0.717) is 0 Å². The van der Waals surface area contributed by atoms with Crippen LogP contribution in [-0.2, 0) is 19.0 Å². The molecule has 56 valence electrons. The van der Waals surface area contributed by atoms with Gasteiger partial charge in [0.1, 0.15) is 0 Å². The first-order valence-corrected chi connectivity index (χ1v) is 3.97. The maximum Gasteiger partial charge on any atom is 0.269 e. The molecule has 0 saturated carbocycles. The van der Waals surface area contributed by atoms with Gasteiger partial charge in [0.2, 0.25) is 0 Å². The van der Waals surface area contributed by atoms with E-state index in [-0.39, 0.29) is 12.4 Å². The molecule has 0 atom stereocenters. The predicted molar refractivity (Wildman–Crippen MR) is 32.7 cm³/mol. The molecule has 0 bridgehead atoms. The maximum absolute atomic E-state index is 10.5. The number of hydrogen-bond donors (Lipinski definition) is 0. The molecule has 0 unspecified atom stereocenters. The standard InChI is InChI=1S/C4H10O4S/c1-7-3-4-9(5,6)8-2/h3-4H2,1-2H3. The summed E-state index contributed by atoms with van der Waals surface area (Å²) in [5.41, 5.74) is 0. The van der Waals surface area contributed by atoms with Crippen molar-refractivity contribution < 1.29 is 17.3 Å². The molecule has 5 heteroatoms. The smallest absolute Gasteiger partial charge is 0.269 e. The molecule has 0 saturated heterocycles. The highest BCUT2D eigenvalue weighted by molar-refractivity contribution is 7.86. The highest BCUT2D eigenvalue weighted by atomic mass is 32.2. The number of methoxy groups -OCH3 is 1. The highest BCUT2D eigenvalue weighted by Crippen LogP contribution is 1.88. The summed E-state index contributed by atoms with van der Waals surface area (Å²) in [6, 6.07) is 0. The first-order valence-electron chi connectivity index (χ1n) is 2.39. The second kappa shape index (κ2) is 3.81. The van der Waals surface area contributed by atoms with Gasteiger partial charge in [0.15, 0.2) is 0 Å². The van der Waals surface area contributed by atoms with Crippen LogP contribution in [0.1, 0.15) is 0 Å². The van der Waals surface area contributed by atoms with Crippen molar-refractivity contribution in [3.63, 3.8) is 0 Å². The van der Waals surface area contributed by atoms with Gasteiger partial charge in [-0.1, -0.05) is 0 Å². The molecular formula is C4H10O4S. The molecule has 0 aromatic carbocycles. The Morgan fingerprint density at radius 3 is 2.22 bits per heavy atom. The van der Waals surface area contributed by atoms with Crippen LogP contribution in [0.2, 0.25) is 0 Å². The minimum atomic E-state index is -3.31. The van der Waals surface area contributed by atoms with Crippen molar-refractivity contribution >= 4 is 10.1 Å². The number of ether oxygens (including phenoxy) is 1. The van der Waals surface area contributed by atoms with E-state index in [1.807, 2.05) is 0 Å². The van der Waals surface area contributed by atoms with E-state index in [1.54, 1.807) is 0 Å². The van der Waals surface area contributed by atoms with Crippen molar-refractivity contribution in [2.24, 2.45) is 0 Å². The Morgan fingerprint density at radius 2 is 1.89 bits per heavy atom. The zero-order chi connectivity index (χ0) is 7.33. The van der Waals surface area contributed by atoms with Crippen LogP contribution in [-0.4, -0.2) is 35.0 Å². The van der Waals surface area contributed by atoms with Gasteiger partial charge in [-0.15, -0.1) is 0 Å². The molecule has 0 amide bonds. The molecule has 0 N–H and O–H groups in total. The lowest BCUT2D eigenvalue weighted by Crippen LogP contribution is -2.11. The Labute approximate surface area is 54.9 Å². The SMILES string of the molecule is COCCS(=O)(=O)OC. The lowest BCUT2D eigenvalue weighted by Gasteiger charge is -1.97. The molecule has 0 rings (SSSR count). The van der Waals surface area contributed by atoms with Gasteiger partial charge in [-0.25, -0.2) is 0 Å². The normalized spacial score (nSPS) is 11.8. The van der Waals surface area contributed by atoms with E-state index in [0.717, 1.165) is 7.11 Å². The van der Waals surface area contributed by atoms with E-state index in [1.165, 1.54) is 7.11 Å². The van der Waals surface area contributed by atoms with Crippen molar-refractivity contribution in [3.05, 3.63) is 0 Å². The third-order valence-electron chi connectivity index (χ3n) is 0.791. The molecule has 9 heavy (non-hydrogen) atoms. The lowest BCUT2D eigenvalue weighted by molar-refractivity contribution is 0.214. The summed E-state index contributed by atoms with van der Waals surface area (Å²) in [5.74, 6) is -0.0833. The van der Waals surface area contributed by atoms with Gasteiger partial charge in [0.25, 0.3) is 10.1 Å². The van der Waals surface area contributed by atoms with Crippen molar-refractivity contribution in [1.82, 2.24) is 0 Å². The van der Waals surface area contributed by atoms with E-state index < -0.39 is 10.1 Å². The van der Waals surface area contributed by atoms with Gasteiger partial charge in [0, 0.05) is 7.11 Å². The van der Waals surface area contributed by atoms with Gasteiger partial charge < -0.3 is 4.74 Å². The average Bonchev–Trinajstić information content (AvgIpc) is 1.84. The first-order chi connectivity index (χ1) is 4.12. The van der Waals surface area contributed by atoms with Gasteiger partial charge >= 0.3 is 0 Å². The zero-order valence-corrected chi connectivity index (χ0v) is 6.27. The Hall–Kier alpha value is -0.130. The Balaban J connectivity index is 3.61. The topological polar surface area (TPSA) is 52.6 Å². The third kappa shape index (κ3) is 4.38. The predicted octanol–water partition coefficient (Wildman–Crippen LogP) is -0.391. The van der Waals surface area contributed by atoms with E-state index in [4.69, 9.17) is 0 Å². The molecule has 0 spiro atoms. The maximum atomic E-state index is 10.5. The van der Waals surface area contributed by atoms with Crippen LogP contribution in [0.15, 0.2) is 0 Å². The summed E-state index contributed by atoms with van der Waals surface area (Å²) in [4.78, 5) is 0. The van der Waals surface area contributed by atoms with Crippen LogP contribution in [0.3, 0.4) is 0 Å².